The van der Waals surface area contributed by atoms with Crippen molar-refractivity contribution in [3.05, 3.63) is 57.8 Å². The summed E-state index contributed by atoms with van der Waals surface area (Å²) >= 11 is 1.82. The number of aryl methyl sites for hydroxylation is 1. The van der Waals surface area contributed by atoms with Crippen LogP contribution in [0, 0.1) is 6.92 Å². The third-order valence-electron chi connectivity index (χ3n) is 3.31. The second-order valence-corrected chi connectivity index (χ2v) is 5.75. The van der Waals surface area contributed by atoms with Crippen LogP contribution >= 0.6 is 11.3 Å². The summed E-state index contributed by atoms with van der Waals surface area (Å²) in [7, 11) is 0. The van der Waals surface area contributed by atoms with Gasteiger partial charge < -0.3 is 5.32 Å². The van der Waals surface area contributed by atoms with Crippen molar-refractivity contribution < 1.29 is 0 Å². The topological polar surface area (TPSA) is 12.0 Å². The normalized spacial score (nSPS) is 14.4. The Kier molecular flexibility index (Phi) is 4.56. The maximum absolute atomic E-state index is 3.72. The van der Waals surface area contributed by atoms with Crippen molar-refractivity contribution in [1.29, 1.82) is 0 Å². The summed E-state index contributed by atoms with van der Waals surface area (Å²) < 4.78 is 0. The molecule has 1 heterocycles. The zero-order chi connectivity index (χ0) is 13.0. The van der Waals surface area contributed by atoms with E-state index in [9.17, 15) is 0 Å². The standard InChI is InChI=1S/C16H21NS/c1-4-15(14-9-7-12(2)8-10-14)17-13(3)16-6-5-11-18-16/h5-11,13,15,17H,4H2,1-3H3. The van der Waals surface area contributed by atoms with Crippen molar-refractivity contribution >= 4 is 11.3 Å². The molecule has 2 atom stereocenters. The van der Waals surface area contributed by atoms with Gasteiger partial charge in [-0.3, -0.25) is 0 Å². The third kappa shape index (κ3) is 3.21. The molecule has 0 saturated heterocycles. The second-order valence-electron chi connectivity index (χ2n) is 4.78. The summed E-state index contributed by atoms with van der Waals surface area (Å²) in [5.74, 6) is 0. The van der Waals surface area contributed by atoms with Crippen molar-refractivity contribution in [2.45, 2.75) is 39.3 Å². The molecule has 1 aromatic carbocycles. The minimum Gasteiger partial charge on any atom is -0.303 e. The van der Waals surface area contributed by atoms with Crippen LogP contribution in [0.4, 0.5) is 0 Å². The lowest BCUT2D eigenvalue weighted by Gasteiger charge is -2.22. The van der Waals surface area contributed by atoms with Gasteiger partial charge in [0.2, 0.25) is 0 Å². The molecule has 18 heavy (non-hydrogen) atoms. The SMILES string of the molecule is CCC(NC(C)c1cccs1)c1ccc(C)cc1. The highest BCUT2D eigenvalue weighted by molar-refractivity contribution is 7.10. The van der Waals surface area contributed by atoms with Crippen molar-refractivity contribution in [3.8, 4) is 0 Å². The van der Waals surface area contributed by atoms with E-state index in [-0.39, 0.29) is 0 Å². The lowest BCUT2D eigenvalue weighted by atomic mass is 10.0. The maximum Gasteiger partial charge on any atom is 0.0391 e. The Morgan fingerprint density at radius 1 is 1.17 bits per heavy atom. The minimum atomic E-state index is 0.413. The molecule has 0 spiro atoms. The molecule has 2 rings (SSSR count). The Hall–Kier alpha value is -1.12. The highest BCUT2D eigenvalue weighted by atomic mass is 32.1. The van der Waals surface area contributed by atoms with E-state index in [1.165, 1.54) is 16.0 Å². The molecule has 2 aromatic rings. The van der Waals surface area contributed by atoms with E-state index in [0.29, 0.717) is 12.1 Å². The molecule has 0 amide bonds. The maximum atomic E-state index is 3.72. The molecule has 2 heteroatoms. The van der Waals surface area contributed by atoms with E-state index in [0.717, 1.165) is 6.42 Å². The molecule has 0 aliphatic rings. The first-order chi connectivity index (χ1) is 8.70. The quantitative estimate of drug-likeness (QED) is 0.808. The highest BCUT2D eigenvalue weighted by Gasteiger charge is 2.13. The van der Waals surface area contributed by atoms with Gasteiger partial charge in [-0.25, -0.2) is 0 Å². The fraction of sp³-hybridized carbons (Fsp3) is 0.375. The van der Waals surface area contributed by atoms with Crippen LogP contribution in [0.2, 0.25) is 0 Å². The molecule has 1 N–H and O–H groups in total. The molecule has 0 fully saturated rings. The van der Waals surface area contributed by atoms with Gasteiger partial charge in [0.15, 0.2) is 0 Å². The van der Waals surface area contributed by atoms with Gasteiger partial charge in [-0.15, -0.1) is 11.3 Å². The van der Waals surface area contributed by atoms with E-state index in [4.69, 9.17) is 0 Å². The lowest BCUT2D eigenvalue weighted by molar-refractivity contribution is 0.460. The molecule has 96 valence electrons. The van der Waals surface area contributed by atoms with Gasteiger partial charge in [0.25, 0.3) is 0 Å². The monoisotopic (exact) mass is 259 g/mol. The summed E-state index contributed by atoms with van der Waals surface area (Å²) in [4.78, 5) is 1.40. The van der Waals surface area contributed by atoms with Crippen LogP contribution < -0.4 is 5.32 Å². The number of rotatable bonds is 5. The fourth-order valence-corrected chi connectivity index (χ4v) is 2.91. The van der Waals surface area contributed by atoms with E-state index >= 15 is 0 Å². The van der Waals surface area contributed by atoms with Gasteiger partial charge in [-0.1, -0.05) is 42.8 Å². The molecular formula is C16H21NS. The number of benzene rings is 1. The molecule has 2 unspecified atom stereocenters. The van der Waals surface area contributed by atoms with E-state index in [2.05, 4.69) is 67.9 Å². The molecule has 0 aliphatic carbocycles. The first-order valence-electron chi connectivity index (χ1n) is 6.56. The zero-order valence-corrected chi connectivity index (χ0v) is 12.1. The smallest absolute Gasteiger partial charge is 0.0391 e. The second kappa shape index (κ2) is 6.17. The summed E-state index contributed by atoms with van der Waals surface area (Å²) in [5, 5.41) is 5.85. The minimum absolute atomic E-state index is 0.413. The van der Waals surface area contributed by atoms with Crippen LogP contribution in [0.3, 0.4) is 0 Å². The van der Waals surface area contributed by atoms with Gasteiger partial charge in [0.1, 0.15) is 0 Å². The largest absolute Gasteiger partial charge is 0.303 e. The predicted octanol–water partition coefficient (Wildman–Crippen LogP) is 4.86. The molecule has 0 aliphatic heterocycles. The molecule has 1 aromatic heterocycles. The van der Waals surface area contributed by atoms with Crippen LogP contribution in [0.15, 0.2) is 41.8 Å². The Bertz CT molecular complexity index is 458. The van der Waals surface area contributed by atoms with E-state index < -0.39 is 0 Å². The molecule has 1 nitrogen and oxygen atoms in total. The molecule has 0 saturated carbocycles. The Morgan fingerprint density at radius 2 is 1.89 bits per heavy atom. The van der Waals surface area contributed by atoms with Crippen LogP contribution in [0.25, 0.3) is 0 Å². The van der Waals surface area contributed by atoms with Crippen LogP contribution in [-0.4, -0.2) is 0 Å². The average molecular weight is 259 g/mol. The zero-order valence-electron chi connectivity index (χ0n) is 11.3. The molecule has 0 radical (unpaired) electrons. The van der Waals surface area contributed by atoms with Gasteiger partial charge in [-0.2, -0.15) is 0 Å². The van der Waals surface area contributed by atoms with Gasteiger partial charge in [0.05, 0.1) is 0 Å². The number of nitrogens with one attached hydrogen (secondary N) is 1. The summed E-state index contributed by atoms with van der Waals surface area (Å²) in [6, 6.07) is 14.0. The van der Waals surface area contributed by atoms with Crippen LogP contribution in [-0.2, 0) is 0 Å². The summed E-state index contributed by atoms with van der Waals surface area (Å²) in [5.41, 5.74) is 2.70. The van der Waals surface area contributed by atoms with Crippen LogP contribution in [0.1, 0.15) is 48.4 Å². The predicted molar refractivity (Wildman–Crippen MR) is 80.1 cm³/mol. The Balaban J connectivity index is 2.07. The van der Waals surface area contributed by atoms with E-state index in [1.54, 1.807) is 0 Å². The summed E-state index contributed by atoms with van der Waals surface area (Å²) in [6.45, 7) is 6.60. The number of hydrogen-bond acceptors (Lipinski definition) is 2. The van der Waals surface area contributed by atoms with Crippen molar-refractivity contribution in [1.82, 2.24) is 5.32 Å². The van der Waals surface area contributed by atoms with Crippen LogP contribution in [0.5, 0.6) is 0 Å². The van der Waals surface area contributed by atoms with Gasteiger partial charge in [-0.05, 0) is 37.3 Å². The highest BCUT2D eigenvalue weighted by Crippen LogP contribution is 2.24. The Labute approximate surface area is 114 Å². The number of thiophene rings is 1. The fourth-order valence-electron chi connectivity index (χ4n) is 2.17. The molecule has 0 bridgehead atoms. The number of hydrogen-bond donors (Lipinski definition) is 1. The van der Waals surface area contributed by atoms with Crippen molar-refractivity contribution in [2.75, 3.05) is 0 Å². The van der Waals surface area contributed by atoms with Gasteiger partial charge >= 0.3 is 0 Å². The van der Waals surface area contributed by atoms with E-state index in [1.807, 2.05) is 11.3 Å². The third-order valence-corrected chi connectivity index (χ3v) is 4.36. The summed E-state index contributed by atoms with van der Waals surface area (Å²) in [6.07, 6.45) is 1.11. The van der Waals surface area contributed by atoms with Crippen molar-refractivity contribution in [3.63, 3.8) is 0 Å². The molecular weight excluding hydrogens is 238 g/mol. The lowest BCUT2D eigenvalue weighted by Crippen LogP contribution is -2.23. The first kappa shape index (κ1) is 13.3. The van der Waals surface area contributed by atoms with Crippen molar-refractivity contribution in [2.24, 2.45) is 0 Å². The average Bonchev–Trinajstić information content (AvgIpc) is 2.91. The first-order valence-corrected chi connectivity index (χ1v) is 7.44. The Morgan fingerprint density at radius 3 is 2.44 bits per heavy atom. The van der Waals surface area contributed by atoms with Gasteiger partial charge in [0, 0.05) is 17.0 Å².